The molecule has 0 spiro atoms. The van der Waals surface area contributed by atoms with E-state index in [0.717, 1.165) is 12.2 Å². The average molecular weight is 240 g/mol. The summed E-state index contributed by atoms with van der Waals surface area (Å²) in [6.45, 7) is 0.176. The van der Waals surface area contributed by atoms with Crippen LogP contribution in [-0.4, -0.2) is 36.1 Å². The predicted molar refractivity (Wildman–Crippen MR) is 66.4 cm³/mol. The number of carbonyl (C=O) groups excluding carboxylic acids is 1. The molecule has 1 aromatic carbocycles. The third-order valence-corrected chi connectivity index (χ3v) is 3.13. The fourth-order valence-corrected chi connectivity index (χ4v) is 2.10. The lowest BCUT2D eigenvalue weighted by Gasteiger charge is -2.06. The van der Waals surface area contributed by atoms with E-state index in [4.69, 9.17) is 9.84 Å². The zero-order chi connectivity index (χ0) is 11.8. The van der Waals surface area contributed by atoms with Crippen LogP contribution < -0.4 is 4.74 Å². The van der Waals surface area contributed by atoms with Crippen LogP contribution in [-0.2, 0) is 0 Å². The van der Waals surface area contributed by atoms with E-state index in [0.29, 0.717) is 17.1 Å². The number of methoxy groups -OCH3 is 1. The Labute approximate surface area is 99.8 Å². The summed E-state index contributed by atoms with van der Waals surface area (Å²) in [5, 5.41) is 8.61. The van der Waals surface area contributed by atoms with Gasteiger partial charge in [-0.25, -0.2) is 0 Å². The molecule has 0 fully saturated rings. The first-order valence-corrected chi connectivity index (χ1v) is 6.30. The number of rotatable bonds is 7. The minimum Gasteiger partial charge on any atom is -0.496 e. The van der Waals surface area contributed by atoms with Crippen LogP contribution in [0.25, 0.3) is 0 Å². The quantitative estimate of drug-likeness (QED) is 0.585. The summed E-state index contributed by atoms with van der Waals surface area (Å²) in [4.78, 5) is 11.8. The second-order valence-electron chi connectivity index (χ2n) is 3.25. The van der Waals surface area contributed by atoms with Crippen LogP contribution in [0.5, 0.6) is 5.75 Å². The molecule has 0 aliphatic carbocycles. The first-order valence-electron chi connectivity index (χ1n) is 5.14. The molecular weight excluding hydrogens is 224 g/mol. The molecule has 0 aliphatic rings. The Morgan fingerprint density at radius 1 is 1.44 bits per heavy atom. The van der Waals surface area contributed by atoms with Gasteiger partial charge in [-0.1, -0.05) is 12.1 Å². The molecule has 1 N–H and O–H groups in total. The molecular formula is C12H16O3S. The van der Waals surface area contributed by atoms with Gasteiger partial charge in [-0.15, -0.1) is 0 Å². The van der Waals surface area contributed by atoms with Crippen LogP contribution in [0.2, 0.25) is 0 Å². The normalized spacial score (nSPS) is 10.1. The second-order valence-corrected chi connectivity index (χ2v) is 4.36. The van der Waals surface area contributed by atoms with Gasteiger partial charge in [-0.3, -0.25) is 4.79 Å². The number of ether oxygens (including phenoxy) is 1. The maximum absolute atomic E-state index is 11.8. The fraction of sp³-hybridized carbons (Fsp3) is 0.417. The largest absolute Gasteiger partial charge is 0.496 e. The van der Waals surface area contributed by atoms with Crippen molar-refractivity contribution in [1.82, 2.24) is 0 Å². The highest BCUT2D eigenvalue weighted by atomic mass is 32.2. The molecule has 16 heavy (non-hydrogen) atoms. The Balaban J connectivity index is 2.52. The van der Waals surface area contributed by atoms with Gasteiger partial charge in [-0.2, -0.15) is 11.8 Å². The Morgan fingerprint density at radius 3 is 2.88 bits per heavy atom. The van der Waals surface area contributed by atoms with Crippen molar-refractivity contribution in [2.75, 3.05) is 25.2 Å². The van der Waals surface area contributed by atoms with E-state index < -0.39 is 0 Å². The van der Waals surface area contributed by atoms with E-state index in [2.05, 4.69) is 0 Å². The molecule has 0 saturated carbocycles. The smallest absolute Gasteiger partial charge is 0.176 e. The Bertz CT molecular complexity index is 339. The highest BCUT2D eigenvalue weighted by Crippen LogP contribution is 2.19. The van der Waals surface area contributed by atoms with Gasteiger partial charge >= 0.3 is 0 Å². The van der Waals surface area contributed by atoms with Gasteiger partial charge in [0, 0.05) is 6.61 Å². The van der Waals surface area contributed by atoms with Crippen molar-refractivity contribution >= 4 is 17.5 Å². The van der Waals surface area contributed by atoms with Gasteiger partial charge < -0.3 is 9.84 Å². The van der Waals surface area contributed by atoms with Gasteiger partial charge in [0.05, 0.1) is 18.4 Å². The SMILES string of the molecule is COc1ccccc1C(=O)CSCCCO. The van der Waals surface area contributed by atoms with E-state index in [1.165, 1.54) is 11.8 Å². The summed E-state index contributed by atoms with van der Waals surface area (Å²) in [5.74, 6) is 1.92. The second kappa shape index (κ2) is 7.30. The van der Waals surface area contributed by atoms with Gasteiger partial charge in [0.15, 0.2) is 5.78 Å². The molecule has 0 saturated heterocycles. The Hall–Kier alpha value is -1.00. The Kier molecular flexibility index (Phi) is 5.96. The number of Topliss-reactive ketones (excluding diaryl/α,β-unsaturated/α-hetero) is 1. The number of hydrogen-bond acceptors (Lipinski definition) is 4. The first kappa shape index (κ1) is 13.1. The summed E-state index contributed by atoms with van der Waals surface area (Å²) in [5.41, 5.74) is 0.626. The fourth-order valence-electron chi connectivity index (χ4n) is 1.28. The van der Waals surface area contributed by atoms with E-state index in [9.17, 15) is 4.79 Å². The number of para-hydroxylation sites is 1. The van der Waals surface area contributed by atoms with E-state index in [1.807, 2.05) is 12.1 Å². The van der Waals surface area contributed by atoms with Gasteiger partial charge in [0.25, 0.3) is 0 Å². The number of aliphatic hydroxyl groups excluding tert-OH is 1. The van der Waals surface area contributed by atoms with E-state index >= 15 is 0 Å². The van der Waals surface area contributed by atoms with Gasteiger partial charge in [0.1, 0.15) is 5.75 Å². The molecule has 88 valence electrons. The van der Waals surface area contributed by atoms with Crippen molar-refractivity contribution in [2.24, 2.45) is 0 Å². The number of thioether (sulfide) groups is 1. The van der Waals surface area contributed by atoms with Crippen molar-refractivity contribution < 1.29 is 14.6 Å². The third-order valence-electron chi connectivity index (χ3n) is 2.09. The minimum atomic E-state index is 0.0698. The standard InChI is InChI=1S/C12H16O3S/c1-15-12-6-3-2-5-10(12)11(14)9-16-8-4-7-13/h2-3,5-6,13H,4,7-9H2,1H3. The summed E-state index contributed by atoms with van der Waals surface area (Å²) in [6, 6.07) is 7.22. The zero-order valence-electron chi connectivity index (χ0n) is 9.31. The lowest BCUT2D eigenvalue weighted by atomic mass is 10.1. The predicted octanol–water partition coefficient (Wildman–Crippen LogP) is 1.99. The Morgan fingerprint density at radius 2 is 2.19 bits per heavy atom. The molecule has 0 amide bonds. The van der Waals surface area contributed by atoms with Gasteiger partial charge in [-0.05, 0) is 24.3 Å². The van der Waals surface area contributed by atoms with E-state index in [1.54, 1.807) is 19.2 Å². The molecule has 3 nitrogen and oxygen atoms in total. The topological polar surface area (TPSA) is 46.5 Å². The van der Waals surface area contributed by atoms with E-state index in [-0.39, 0.29) is 12.4 Å². The van der Waals surface area contributed by atoms with Crippen molar-refractivity contribution in [1.29, 1.82) is 0 Å². The maximum Gasteiger partial charge on any atom is 0.176 e. The number of carbonyl (C=O) groups is 1. The summed E-state index contributed by atoms with van der Waals surface area (Å²) < 4.78 is 5.12. The summed E-state index contributed by atoms with van der Waals surface area (Å²) >= 11 is 1.53. The monoisotopic (exact) mass is 240 g/mol. The summed E-state index contributed by atoms with van der Waals surface area (Å²) in [7, 11) is 1.56. The molecule has 0 aromatic heterocycles. The van der Waals surface area contributed by atoms with Crippen LogP contribution in [0.15, 0.2) is 24.3 Å². The first-order chi connectivity index (χ1) is 7.79. The highest BCUT2D eigenvalue weighted by molar-refractivity contribution is 7.99. The maximum atomic E-state index is 11.8. The zero-order valence-corrected chi connectivity index (χ0v) is 10.1. The van der Waals surface area contributed by atoms with Crippen LogP contribution >= 0.6 is 11.8 Å². The number of benzene rings is 1. The highest BCUT2D eigenvalue weighted by Gasteiger charge is 2.10. The molecule has 0 atom stereocenters. The van der Waals surface area contributed by atoms with Crippen LogP contribution in [0.3, 0.4) is 0 Å². The number of aliphatic hydroxyl groups is 1. The lowest BCUT2D eigenvalue weighted by Crippen LogP contribution is -2.05. The van der Waals surface area contributed by atoms with Crippen molar-refractivity contribution in [2.45, 2.75) is 6.42 Å². The molecule has 1 aromatic rings. The third kappa shape index (κ3) is 3.87. The van der Waals surface area contributed by atoms with Crippen LogP contribution in [0, 0.1) is 0 Å². The minimum absolute atomic E-state index is 0.0698. The van der Waals surface area contributed by atoms with Gasteiger partial charge in [0.2, 0.25) is 0 Å². The number of ketones is 1. The lowest BCUT2D eigenvalue weighted by molar-refractivity contribution is 0.101. The molecule has 0 bridgehead atoms. The molecule has 1 rings (SSSR count). The molecule has 0 heterocycles. The van der Waals surface area contributed by atoms with Crippen molar-refractivity contribution in [3.8, 4) is 5.75 Å². The molecule has 0 unspecified atom stereocenters. The molecule has 0 aliphatic heterocycles. The molecule has 4 heteroatoms. The average Bonchev–Trinajstić information content (AvgIpc) is 2.34. The van der Waals surface area contributed by atoms with Crippen LogP contribution in [0.4, 0.5) is 0 Å². The summed E-state index contributed by atoms with van der Waals surface area (Å²) in [6.07, 6.45) is 0.726. The number of hydrogen-bond donors (Lipinski definition) is 1. The molecule has 0 radical (unpaired) electrons. The van der Waals surface area contributed by atoms with Crippen LogP contribution in [0.1, 0.15) is 16.8 Å². The van der Waals surface area contributed by atoms with Crippen molar-refractivity contribution in [3.05, 3.63) is 29.8 Å². The van der Waals surface area contributed by atoms with Crippen molar-refractivity contribution in [3.63, 3.8) is 0 Å².